The van der Waals surface area contributed by atoms with Gasteiger partial charge in [0.15, 0.2) is 0 Å². The van der Waals surface area contributed by atoms with Gasteiger partial charge in [0.05, 0.1) is 14.2 Å². The Bertz CT molecular complexity index is 696. The molecule has 0 bridgehead atoms. The van der Waals surface area contributed by atoms with Crippen molar-refractivity contribution in [3.63, 3.8) is 0 Å². The first kappa shape index (κ1) is 19.4. The molecule has 2 amide bonds. The molecule has 2 atom stereocenters. The van der Waals surface area contributed by atoms with Crippen LogP contribution in [0.4, 0.5) is 0 Å². The largest absolute Gasteiger partial charge is 0.481 e. The van der Waals surface area contributed by atoms with Crippen LogP contribution in [0.2, 0.25) is 0 Å². The van der Waals surface area contributed by atoms with Gasteiger partial charge < -0.3 is 24.6 Å². The summed E-state index contributed by atoms with van der Waals surface area (Å²) in [5, 5.41) is 3.11. The molecule has 2 aliphatic heterocycles. The van der Waals surface area contributed by atoms with Crippen molar-refractivity contribution in [3.8, 4) is 11.8 Å². The molecule has 3 heterocycles. The average molecular weight is 376 g/mol. The van der Waals surface area contributed by atoms with E-state index in [0.29, 0.717) is 36.9 Å². The molecular weight excluding hydrogens is 348 g/mol. The van der Waals surface area contributed by atoms with E-state index in [2.05, 4.69) is 10.3 Å². The van der Waals surface area contributed by atoms with Crippen molar-refractivity contribution >= 4 is 11.8 Å². The summed E-state index contributed by atoms with van der Waals surface area (Å²) in [5.41, 5.74) is 0.440. The quantitative estimate of drug-likeness (QED) is 0.790. The van der Waals surface area contributed by atoms with Crippen molar-refractivity contribution in [2.45, 2.75) is 25.3 Å². The molecule has 0 spiro atoms. The van der Waals surface area contributed by atoms with E-state index in [-0.39, 0.29) is 23.7 Å². The van der Waals surface area contributed by atoms with Gasteiger partial charge in [-0.2, -0.15) is 4.98 Å². The first-order valence-electron chi connectivity index (χ1n) is 9.41. The maximum atomic E-state index is 13.0. The van der Waals surface area contributed by atoms with Crippen LogP contribution in [-0.2, 0) is 4.79 Å². The lowest BCUT2D eigenvalue weighted by Gasteiger charge is -2.47. The van der Waals surface area contributed by atoms with Crippen LogP contribution in [0.15, 0.2) is 12.1 Å². The van der Waals surface area contributed by atoms with Crippen LogP contribution in [0.1, 0.15) is 29.6 Å². The molecule has 8 nitrogen and oxygen atoms in total. The van der Waals surface area contributed by atoms with Gasteiger partial charge in [0.2, 0.25) is 17.7 Å². The molecule has 1 aromatic rings. The molecule has 2 aliphatic rings. The van der Waals surface area contributed by atoms with Gasteiger partial charge in [0, 0.05) is 44.7 Å². The summed E-state index contributed by atoms with van der Waals surface area (Å²) in [6.07, 6.45) is 2.19. The predicted molar refractivity (Wildman–Crippen MR) is 100 cm³/mol. The molecule has 0 aromatic carbocycles. The molecule has 0 radical (unpaired) electrons. The van der Waals surface area contributed by atoms with Gasteiger partial charge in [-0.3, -0.25) is 9.59 Å². The Hall–Kier alpha value is -2.35. The molecule has 3 rings (SSSR count). The third-order valence-electron chi connectivity index (χ3n) is 5.50. The average Bonchev–Trinajstić information content (AvgIpc) is 2.71. The first-order chi connectivity index (χ1) is 13.1. The van der Waals surface area contributed by atoms with Crippen molar-refractivity contribution in [2.75, 3.05) is 47.4 Å². The molecule has 0 saturated carbocycles. The minimum Gasteiger partial charge on any atom is -0.481 e. The lowest BCUT2D eigenvalue weighted by Crippen LogP contribution is -2.57. The summed E-state index contributed by atoms with van der Waals surface area (Å²) in [5.74, 6) is 1.14. The highest BCUT2D eigenvalue weighted by Crippen LogP contribution is 2.32. The second kappa shape index (κ2) is 8.56. The number of carbonyl (C=O) groups excluding carboxylic acids is 2. The minimum absolute atomic E-state index is 0.0841. The van der Waals surface area contributed by atoms with E-state index in [0.717, 1.165) is 25.9 Å². The summed E-state index contributed by atoms with van der Waals surface area (Å²) in [7, 11) is 4.92. The third-order valence-corrected chi connectivity index (χ3v) is 5.50. The first-order valence-corrected chi connectivity index (χ1v) is 9.41. The number of ether oxygens (including phenoxy) is 2. The maximum Gasteiger partial charge on any atom is 0.259 e. The van der Waals surface area contributed by atoms with E-state index in [4.69, 9.17) is 9.47 Å². The number of likely N-dealkylation sites (N-methyl/N-ethyl adjacent to an activating group) is 1. The number of fused-ring (bicyclic) bond motifs is 1. The fourth-order valence-corrected chi connectivity index (χ4v) is 4.08. The molecule has 1 aromatic heterocycles. The fraction of sp³-hybridized carbons (Fsp3) is 0.632. The number of amides is 2. The Morgan fingerprint density at radius 2 is 2.11 bits per heavy atom. The van der Waals surface area contributed by atoms with E-state index < -0.39 is 0 Å². The Morgan fingerprint density at radius 3 is 2.81 bits per heavy atom. The van der Waals surface area contributed by atoms with Crippen LogP contribution in [0.5, 0.6) is 11.8 Å². The van der Waals surface area contributed by atoms with Gasteiger partial charge in [0.25, 0.3) is 5.91 Å². The number of likely N-dealkylation sites (tertiary alicyclic amines) is 2. The van der Waals surface area contributed by atoms with E-state index in [1.807, 2.05) is 16.8 Å². The number of rotatable bonds is 6. The Balaban J connectivity index is 1.72. The van der Waals surface area contributed by atoms with Crippen LogP contribution in [0, 0.1) is 5.92 Å². The summed E-state index contributed by atoms with van der Waals surface area (Å²) in [4.78, 5) is 33.4. The van der Waals surface area contributed by atoms with E-state index in [1.165, 1.54) is 14.2 Å². The molecule has 27 heavy (non-hydrogen) atoms. The summed E-state index contributed by atoms with van der Waals surface area (Å²) < 4.78 is 10.4. The summed E-state index contributed by atoms with van der Waals surface area (Å²) in [6.45, 7) is 2.79. The Labute approximate surface area is 159 Å². The van der Waals surface area contributed by atoms with Crippen LogP contribution in [0.3, 0.4) is 0 Å². The monoisotopic (exact) mass is 376 g/mol. The highest BCUT2D eigenvalue weighted by Gasteiger charge is 2.40. The number of hydrogen-bond donors (Lipinski definition) is 1. The number of carbonyl (C=O) groups is 2. The normalized spacial score (nSPS) is 22.4. The zero-order chi connectivity index (χ0) is 19.4. The SMILES string of the molecule is CNCCN1C(=O)CC[C@H]2CN(C(=O)c3ccc(OC)nc3OC)CC[C@H]21. The molecule has 0 unspecified atom stereocenters. The van der Waals surface area contributed by atoms with E-state index >= 15 is 0 Å². The van der Waals surface area contributed by atoms with Gasteiger partial charge in [-0.25, -0.2) is 0 Å². The molecule has 148 valence electrons. The summed E-state index contributed by atoms with van der Waals surface area (Å²) in [6, 6.07) is 3.59. The lowest BCUT2D eigenvalue weighted by atomic mass is 9.83. The van der Waals surface area contributed by atoms with Crippen LogP contribution < -0.4 is 14.8 Å². The standard InChI is InChI=1S/C19H28N4O4/c1-20-9-11-23-15-8-10-22(12-13(15)4-7-17(23)24)19(25)14-5-6-16(26-2)21-18(14)27-3/h5-6,13,15,20H,4,7-12H2,1-3H3/t13-,15+/m0/s1. The summed E-state index contributed by atoms with van der Waals surface area (Å²) >= 11 is 0. The number of nitrogens with one attached hydrogen (secondary N) is 1. The van der Waals surface area contributed by atoms with Crippen molar-refractivity contribution in [1.29, 1.82) is 0 Å². The zero-order valence-electron chi connectivity index (χ0n) is 16.2. The number of aromatic nitrogens is 1. The molecule has 0 aliphatic carbocycles. The zero-order valence-corrected chi connectivity index (χ0v) is 16.2. The van der Waals surface area contributed by atoms with Crippen molar-refractivity contribution in [3.05, 3.63) is 17.7 Å². The van der Waals surface area contributed by atoms with Crippen molar-refractivity contribution in [2.24, 2.45) is 5.92 Å². The van der Waals surface area contributed by atoms with Gasteiger partial charge in [-0.15, -0.1) is 0 Å². The lowest BCUT2D eigenvalue weighted by molar-refractivity contribution is -0.140. The maximum absolute atomic E-state index is 13.0. The molecular formula is C19H28N4O4. The topological polar surface area (TPSA) is 84.0 Å². The third kappa shape index (κ3) is 4.00. The molecule has 1 N–H and O–H groups in total. The second-order valence-electron chi connectivity index (χ2n) is 7.01. The second-order valence-corrected chi connectivity index (χ2v) is 7.01. The smallest absolute Gasteiger partial charge is 0.259 e. The van der Waals surface area contributed by atoms with E-state index in [1.54, 1.807) is 12.1 Å². The Morgan fingerprint density at radius 1 is 1.30 bits per heavy atom. The number of hydrogen-bond acceptors (Lipinski definition) is 6. The van der Waals surface area contributed by atoms with Gasteiger partial charge in [-0.1, -0.05) is 0 Å². The molecule has 2 fully saturated rings. The fourth-order valence-electron chi connectivity index (χ4n) is 4.08. The number of nitrogens with zero attached hydrogens (tertiary/aromatic N) is 3. The molecule has 8 heteroatoms. The van der Waals surface area contributed by atoms with Crippen LogP contribution in [0.25, 0.3) is 0 Å². The molecule has 2 saturated heterocycles. The highest BCUT2D eigenvalue weighted by molar-refractivity contribution is 5.96. The van der Waals surface area contributed by atoms with Crippen molar-refractivity contribution in [1.82, 2.24) is 20.1 Å². The number of piperidine rings is 2. The van der Waals surface area contributed by atoms with Gasteiger partial charge >= 0.3 is 0 Å². The highest BCUT2D eigenvalue weighted by atomic mass is 16.5. The van der Waals surface area contributed by atoms with Gasteiger partial charge in [0.1, 0.15) is 5.56 Å². The van der Waals surface area contributed by atoms with Crippen LogP contribution >= 0.6 is 0 Å². The number of methoxy groups -OCH3 is 2. The van der Waals surface area contributed by atoms with E-state index in [9.17, 15) is 9.59 Å². The van der Waals surface area contributed by atoms with Crippen LogP contribution in [-0.4, -0.2) is 80.1 Å². The Kier molecular flexibility index (Phi) is 6.15. The van der Waals surface area contributed by atoms with Crippen molar-refractivity contribution < 1.29 is 19.1 Å². The van der Waals surface area contributed by atoms with Gasteiger partial charge in [-0.05, 0) is 31.9 Å². The minimum atomic E-state index is -0.0841. The number of pyridine rings is 1. The predicted octanol–water partition coefficient (Wildman–Crippen LogP) is 0.771.